The molecule has 2 heterocycles. The monoisotopic (exact) mass is 418 g/mol. The van der Waals surface area contributed by atoms with E-state index in [1.807, 2.05) is 12.1 Å². The predicted molar refractivity (Wildman–Crippen MR) is 109 cm³/mol. The molecule has 2 aromatic rings. The molecule has 1 amide bonds. The third kappa shape index (κ3) is 4.73. The molecule has 1 aliphatic carbocycles. The van der Waals surface area contributed by atoms with Gasteiger partial charge in [-0.1, -0.05) is 22.8 Å². The maximum atomic E-state index is 12.4. The van der Waals surface area contributed by atoms with Gasteiger partial charge in [-0.05, 0) is 74.5 Å². The second kappa shape index (κ2) is 8.71. The van der Waals surface area contributed by atoms with Gasteiger partial charge in [-0.2, -0.15) is 0 Å². The molecule has 8 heteroatoms. The van der Waals surface area contributed by atoms with Crippen LogP contribution in [0.4, 0.5) is 0 Å². The molecular weight excluding hydrogens is 392 g/mol. The number of hydrogen-bond acceptors (Lipinski definition) is 6. The zero-order chi connectivity index (χ0) is 20.4. The van der Waals surface area contributed by atoms with Gasteiger partial charge in [0.05, 0.1) is 6.10 Å². The molecule has 1 aromatic heterocycles. The van der Waals surface area contributed by atoms with Crippen molar-refractivity contribution in [1.82, 2.24) is 20.1 Å². The van der Waals surface area contributed by atoms with Crippen LogP contribution in [0.2, 0.25) is 5.02 Å². The Balaban J connectivity index is 1.23. The average molecular weight is 419 g/mol. The summed E-state index contributed by atoms with van der Waals surface area (Å²) in [6.07, 6.45) is 4.55. The molecule has 0 N–H and O–H groups in total. The standard InChI is InChI=1S/C21H27ClN4O3/c1-14-20(24-29-23-14)21(27)25(2)12-15-9-18(10-15)28-17-6-5-16(19(22)11-17)13-26-7-3-4-8-26/h5-6,11,15,18H,3-4,7-10,12-13H2,1-2H3. The Bertz CT molecular complexity index is 859. The fraction of sp³-hybridized carbons (Fsp3) is 0.571. The summed E-state index contributed by atoms with van der Waals surface area (Å²) < 4.78 is 10.7. The number of carbonyl (C=O) groups is 1. The summed E-state index contributed by atoms with van der Waals surface area (Å²) in [5.41, 5.74) is 1.95. The van der Waals surface area contributed by atoms with E-state index in [4.69, 9.17) is 16.3 Å². The second-order valence-corrected chi connectivity index (χ2v) is 8.60. The Morgan fingerprint density at radius 1 is 1.31 bits per heavy atom. The molecule has 4 rings (SSSR count). The van der Waals surface area contributed by atoms with E-state index in [9.17, 15) is 4.79 Å². The number of benzene rings is 1. The number of likely N-dealkylation sites (tertiary alicyclic amines) is 1. The van der Waals surface area contributed by atoms with Gasteiger partial charge in [-0.25, -0.2) is 4.63 Å². The van der Waals surface area contributed by atoms with Gasteiger partial charge in [0.2, 0.25) is 0 Å². The first kappa shape index (κ1) is 20.2. The van der Waals surface area contributed by atoms with Gasteiger partial charge < -0.3 is 9.64 Å². The highest BCUT2D eigenvalue weighted by atomic mass is 35.5. The van der Waals surface area contributed by atoms with Crippen LogP contribution in [0.25, 0.3) is 0 Å². The summed E-state index contributed by atoms with van der Waals surface area (Å²) in [6.45, 7) is 5.60. The fourth-order valence-corrected chi connectivity index (χ4v) is 4.33. The van der Waals surface area contributed by atoms with Gasteiger partial charge in [0.25, 0.3) is 5.91 Å². The first-order valence-corrected chi connectivity index (χ1v) is 10.6. The molecule has 0 atom stereocenters. The van der Waals surface area contributed by atoms with Gasteiger partial charge in [0.15, 0.2) is 5.69 Å². The largest absolute Gasteiger partial charge is 0.490 e. The highest BCUT2D eigenvalue weighted by molar-refractivity contribution is 6.31. The molecule has 29 heavy (non-hydrogen) atoms. The first-order valence-electron chi connectivity index (χ1n) is 10.2. The zero-order valence-corrected chi connectivity index (χ0v) is 17.7. The lowest BCUT2D eigenvalue weighted by Crippen LogP contribution is -2.42. The molecule has 0 unspecified atom stereocenters. The molecule has 156 valence electrons. The Labute approximate surface area is 175 Å². The Morgan fingerprint density at radius 3 is 2.72 bits per heavy atom. The predicted octanol–water partition coefficient (Wildman–Crippen LogP) is 3.56. The number of rotatable bonds is 7. The smallest absolute Gasteiger partial charge is 0.277 e. The maximum Gasteiger partial charge on any atom is 0.277 e. The highest BCUT2D eigenvalue weighted by Gasteiger charge is 2.33. The molecule has 7 nitrogen and oxygen atoms in total. The van der Waals surface area contributed by atoms with Crippen LogP contribution in [0.1, 0.15) is 47.4 Å². The van der Waals surface area contributed by atoms with Crippen molar-refractivity contribution >= 4 is 17.5 Å². The normalized spacial score (nSPS) is 21.8. The van der Waals surface area contributed by atoms with Gasteiger partial charge >= 0.3 is 0 Å². The fourth-order valence-electron chi connectivity index (χ4n) is 4.10. The van der Waals surface area contributed by atoms with Crippen molar-refractivity contribution < 1.29 is 14.2 Å². The number of halogens is 1. The summed E-state index contributed by atoms with van der Waals surface area (Å²) in [7, 11) is 1.78. The van der Waals surface area contributed by atoms with Crippen LogP contribution in [0, 0.1) is 12.8 Å². The van der Waals surface area contributed by atoms with Crippen molar-refractivity contribution in [2.45, 2.75) is 45.3 Å². The van der Waals surface area contributed by atoms with E-state index in [1.54, 1.807) is 18.9 Å². The van der Waals surface area contributed by atoms with Crippen LogP contribution >= 0.6 is 11.6 Å². The van der Waals surface area contributed by atoms with Gasteiger partial charge in [0, 0.05) is 25.2 Å². The molecule has 1 saturated heterocycles. The summed E-state index contributed by atoms with van der Waals surface area (Å²) in [5, 5.41) is 8.13. The average Bonchev–Trinajstić information content (AvgIpc) is 3.33. The van der Waals surface area contributed by atoms with Crippen molar-refractivity contribution in [3.63, 3.8) is 0 Å². The first-order chi connectivity index (χ1) is 14.0. The number of aromatic nitrogens is 2. The minimum atomic E-state index is -0.159. The van der Waals surface area contributed by atoms with E-state index < -0.39 is 0 Å². The molecule has 0 spiro atoms. The second-order valence-electron chi connectivity index (χ2n) is 8.20. The minimum Gasteiger partial charge on any atom is -0.490 e. The molecular formula is C21H27ClN4O3. The zero-order valence-electron chi connectivity index (χ0n) is 16.9. The third-order valence-corrected chi connectivity index (χ3v) is 6.20. The highest BCUT2D eigenvalue weighted by Crippen LogP contribution is 2.33. The van der Waals surface area contributed by atoms with Gasteiger partial charge in [0.1, 0.15) is 11.4 Å². The summed E-state index contributed by atoms with van der Waals surface area (Å²) in [6, 6.07) is 6.02. The molecule has 1 aromatic carbocycles. The summed E-state index contributed by atoms with van der Waals surface area (Å²) >= 11 is 6.48. The van der Waals surface area contributed by atoms with E-state index in [1.165, 1.54) is 12.8 Å². The van der Waals surface area contributed by atoms with Gasteiger partial charge in [-0.15, -0.1) is 0 Å². The number of ether oxygens (including phenoxy) is 1. The van der Waals surface area contributed by atoms with Crippen LogP contribution in [-0.4, -0.2) is 58.8 Å². The number of amides is 1. The quantitative estimate of drug-likeness (QED) is 0.684. The molecule has 2 aliphatic rings. The van der Waals surface area contributed by atoms with E-state index in [-0.39, 0.29) is 17.7 Å². The Kier molecular flexibility index (Phi) is 6.06. The third-order valence-electron chi connectivity index (χ3n) is 5.85. The molecule has 1 aliphatic heterocycles. The SMILES string of the molecule is Cc1nonc1C(=O)N(C)CC1CC(Oc2ccc(CN3CCCC3)c(Cl)c2)C1. The number of aryl methyl sites for hydroxylation is 1. The van der Waals surface area contributed by atoms with Crippen molar-refractivity contribution in [1.29, 1.82) is 0 Å². The van der Waals surface area contributed by atoms with E-state index in [0.29, 0.717) is 18.2 Å². The van der Waals surface area contributed by atoms with Crippen LogP contribution in [0.15, 0.2) is 22.8 Å². The van der Waals surface area contributed by atoms with Crippen LogP contribution in [-0.2, 0) is 6.54 Å². The molecule has 2 fully saturated rings. The van der Waals surface area contributed by atoms with Crippen molar-refractivity contribution in [2.75, 3.05) is 26.7 Å². The van der Waals surface area contributed by atoms with Crippen LogP contribution < -0.4 is 4.74 Å². The molecule has 0 bridgehead atoms. The van der Waals surface area contributed by atoms with Crippen molar-refractivity contribution in [3.05, 3.63) is 40.2 Å². The summed E-state index contributed by atoms with van der Waals surface area (Å²) in [4.78, 5) is 16.5. The van der Waals surface area contributed by atoms with Crippen LogP contribution in [0.3, 0.4) is 0 Å². The summed E-state index contributed by atoms with van der Waals surface area (Å²) in [5.74, 6) is 1.07. The Morgan fingerprint density at radius 2 is 2.07 bits per heavy atom. The minimum absolute atomic E-state index is 0.159. The lowest BCUT2D eigenvalue weighted by molar-refractivity contribution is 0.0415. The lowest BCUT2D eigenvalue weighted by atomic mass is 9.82. The van der Waals surface area contributed by atoms with E-state index in [2.05, 4.69) is 25.9 Å². The van der Waals surface area contributed by atoms with Crippen LogP contribution in [0.5, 0.6) is 5.75 Å². The number of hydrogen-bond donors (Lipinski definition) is 0. The van der Waals surface area contributed by atoms with Gasteiger partial charge in [-0.3, -0.25) is 9.69 Å². The number of nitrogens with zero attached hydrogens (tertiary/aromatic N) is 4. The van der Waals surface area contributed by atoms with E-state index in [0.717, 1.165) is 48.8 Å². The van der Waals surface area contributed by atoms with Crippen molar-refractivity contribution in [2.24, 2.45) is 5.92 Å². The molecule has 0 radical (unpaired) electrons. The topological polar surface area (TPSA) is 71.7 Å². The maximum absolute atomic E-state index is 12.4. The number of carbonyl (C=O) groups excluding carboxylic acids is 1. The van der Waals surface area contributed by atoms with E-state index >= 15 is 0 Å². The lowest BCUT2D eigenvalue weighted by Gasteiger charge is -2.37. The van der Waals surface area contributed by atoms with Crippen molar-refractivity contribution in [3.8, 4) is 5.75 Å². The Hall–Kier alpha value is -2.12. The molecule has 1 saturated carbocycles.